The summed E-state index contributed by atoms with van der Waals surface area (Å²) in [7, 11) is 0. The van der Waals surface area contributed by atoms with E-state index in [2.05, 4.69) is 15.1 Å². The molecular weight excluding hydrogens is 246 g/mol. The molecule has 19 heavy (non-hydrogen) atoms. The minimum atomic E-state index is -0.303. The maximum Gasteiger partial charge on any atom is 0.317 e. The van der Waals surface area contributed by atoms with Crippen LogP contribution in [0, 0.1) is 13.8 Å². The number of aromatic nitrogens is 4. The second-order valence-electron chi connectivity index (χ2n) is 4.63. The predicted molar refractivity (Wildman–Crippen MR) is 66.5 cm³/mol. The van der Waals surface area contributed by atoms with Crippen molar-refractivity contribution < 1.29 is 9.63 Å². The fourth-order valence-corrected chi connectivity index (χ4v) is 2.13. The lowest BCUT2D eigenvalue weighted by molar-refractivity contribution is -0.144. The van der Waals surface area contributed by atoms with Gasteiger partial charge < -0.3 is 0 Å². The summed E-state index contributed by atoms with van der Waals surface area (Å²) in [6, 6.07) is 1.90. The van der Waals surface area contributed by atoms with Crippen LogP contribution in [-0.2, 0) is 4.84 Å². The van der Waals surface area contributed by atoms with Crippen molar-refractivity contribution in [3.63, 3.8) is 0 Å². The topological polar surface area (TPSA) is 72.6 Å². The average molecular weight is 261 g/mol. The SMILES string of the molecule is Cc1cc(C)n2nc(C(=O)N3CCCCO3)nc2n1. The minimum absolute atomic E-state index is 0.128. The zero-order valence-electron chi connectivity index (χ0n) is 11.0. The molecule has 1 fully saturated rings. The number of nitrogens with zero attached hydrogens (tertiary/aromatic N) is 5. The number of carbonyl (C=O) groups is 1. The second kappa shape index (κ2) is 4.58. The quantitative estimate of drug-likeness (QED) is 0.763. The van der Waals surface area contributed by atoms with Crippen LogP contribution in [0.5, 0.6) is 0 Å². The molecule has 0 N–H and O–H groups in total. The van der Waals surface area contributed by atoms with Crippen molar-refractivity contribution in [2.45, 2.75) is 26.7 Å². The van der Waals surface area contributed by atoms with Gasteiger partial charge in [-0.1, -0.05) is 0 Å². The van der Waals surface area contributed by atoms with Crippen molar-refractivity contribution in [2.24, 2.45) is 0 Å². The molecule has 0 aliphatic carbocycles. The molecule has 3 rings (SSSR count). The number of fused-ring (bicyclic) bond motifs is 1. The van der Waals surface area contributed by atoms with Crippen molar-refractivity contribution in [3.8, 4) is 0 Å². The molecule has 0 radical (unpaired) electrons. The Morgan fingerprint density at radius 3 is 2.89 bits per heavy atom. The number of amides is 1. The molecule has 0 unspecified atom stereocenters. The van der Waals surface area contributed by atoms with Crippen molar-refractivity contribution in [1.29, 1.82) is 0 Å². The third-order valence-electron chi connectivity index (χ3n) is 3.04. The average Bonchev–Trinajstić information content (AvgIpc) is 2.83. The lowest BCUT2D eigenvalue weighted by atomic mass is 10.3. The van der Waals surface area contributed by atoms with E-state index in [0.29, 0.717) is 18.9 Å². The van der Waals surface area contributed by atoms with Gasteiger partial charge in [-0.15, -0.1) is 5.10 Å². The fourth-order valence-electron chi connectivity index (χ4n) is 2.13. The van der Waals surface area contributed by atoms with Crippen molar-refractivity contribution >= 4 is 11.7 Å². The number of hydroxylamine groups is 2. The van der Waals surface area contributed by atoms with E-state index in [4.69, 9.17) is 4.84 Å². The molecule has 7 nitrogen and oxygen atoms in total. The van der Waals surface area contributed by atoms with Gasteiger partial charge in [0.25, 0.3) is 5.78 Å². The maximum atomic E-state index is 12.2. The largest absolute Gasteiger partial charge is 0.317 e. The molecule has 2 aromatic heterocycles. The molecule has 0 bridgehead atoms. The predicted octanol–water partition coefficient (Wildman–Crippen LogP) is 0.909. The van der Waals surface area contributed by atoms with Gasteiger partial charge in [-0.2, -0.15) is 4.98 Å². The lowest BCUT2D eigenvalue weighted by Crippen LogP contribution is -2.36. The summed E-state index contributed by atoms with van der Waals surface area (Å²) in [4.78, 5) is 26.0. The van der Waals surface area contributed by atoms with Crippen LogP contribution in [0.3, 0.4) is 0 Å². The van der Waals surface area contributed by atoms with E-state index in [1.807, 2.05) is 19.9 Å². The van der Waals surface area contributed by atoms with Crippen LogP contribution < -0.4 is 0 Å². The van der Waals surface area contributed by atoms with Crippen LogP contribution in [0.1, 0.15) is 34.8 Å². The minimum Gasteiger partial charge on any atom is -0.271 e. The monoisotopic (exact) mass is 261 g/mol. The third kappa shape index (κ3) is 2.17. The summed E-state index contributed by atoms with van der Waals surface area (Å²) in [6.45, 7) is 4.94. The lowest BCUT2D eigenvalue weighted by Gasteiger charge is -2.24. The fraction of sp³-hybridized carbons (Fsp3) is 0.500. The van der Waals surface area contributed by atoms with Gasteiger partial charge >= 0.3 is 5.91 Å². The third-order valence-corrected chi connectivity index (χ3v) is 3.04. The molecule has 100 valence electrons. The van der Waals surface area contributed by atoms with Crippen LogP contribution in [0.25, 0.3) is 5.78 Å². The van der Waals surface area contributed by atoms with Gasteiger partial charge in [0.1, 0.15) is 0 Å². The molecular formula is C12H15N5O2. The van der Waals surface area contributed by atoms with E-state index in [9.17, 15) is 4.79 Å². The highest BCUT2D eigenvalue weighted by Gasteiger charge is 2.24. The summed E-state index contributed by atoms with van der Waals surface area (Å²) in [6.07, 6.45) is 1.91. The maximum absolute atomic E-state index is 12.2. The first kappa shape index (κ1) is 12.0. The number of hydrogen-bond acceptors (Lipinski definition) is 5. The van der Waals surface area contributed by atoms with Crippen LogP contribution >= 0.6 is 0 Å². The summed E-state index contributed by atoms with van der Waals surface area (Å²) in [5.41, 5.74) is 1.75. The van der Waals surface area contributed by atoms with Gasteiger partial charge in [0, 0.05) is 17.9 Å². The Morgan fingerprint density at radius 2 is 2.16 bits per heavy atom. The van der Waals surface area contributed by atoms with E-state index in [0.717, 1.165) is 24.2 Å². The standard InChI is InChI=1S/C12H15N5O2/c1-8-7-9(2)17-12(13-8)14-10(15-17)11(18)16-5-3-4-6-19-16/h7H,3-6H2,1-2H3. The van der Waals surface area contributed by atoms with E-state index >= 15 is 0 Å². The van der Waals surface area contributed by atoms with Crippen molar-refractivity contribution in [3.05, 3.63) is 23.3 Å². The molecule has 0 saturated carbocycles. The molecule has 1 amide bonds. The van der Waals surface area contributed by atoms with E-state index < -0.39 is 0 Å². The van der Waals surface area contributed by atoms with Crippen LogP contribution in [0.4, 0.5) is 0 Å². The van der Waals surface area contributed by atoms with E-state index in [1.54, 1.807) is 4.52 Å². The zero-order valence-corrected chi connectivity index (χ0v) is 11.0. The van der Waals surface area contributed by atoms with Gasteiger partial charge in [-0.25, -0.2) is 14.6 Å². The molecule has 1 saturated heterocycles. The highest BCUT2D eigenvalue weighted by Crippen LogP contribution is 2.11. The summed E-state index contributed by atoms with van der Waals surface area (Å²) >= 11 is 0. The van der Waals surface area contributed by atoms with E-state index in [1.165, 1.54) is 5.06 Å². The Bertz CT molecular complexity index is 630. The number of rotatable bonds is 1. The first-order valence-corrected chi connectivity index (χ1v) is 6.31. The Labute approximate surface area is 110 Å². The van der Waals surface area contributed by atoms with Crippen molar-refractivity contribution in [1.82, 2.24) is 24.6 Å². The molecule has 0 atom stereocenters. The van der Waals surface area contributed by atoms with Crippen molar-refractivity contribution in [2.75, 3.05) is 13.2 Å². The van der Waals surface area contributed by atoms with Gasteiger partial charge in [0.2, 0.25) is 5.82 Å². The Hall–Kier alpha value is -2.02. The highest BCUT2D eigenvalue weighted by molar-refractivity contribution is 5.90. The van der Waals surface area contributed by atoms with Gasteiger partial charge in [-0.3, -0.25) is 9.63 Å². The van der Waals surface area contributed by atoms with E-state index in [-0.39, 0.29) is 11.7 Å². The summed E-state index contributed by atoms with van der Waals surface area (Å²) in [5.74, 6) is 0.267. The number of aryl methyl sites for hydroxylation is 2. The molecule has 1 aliphatic rings. The Morgan fingerprint density at radius 1 is 1.32 bits per heavy atom. The molecule has 7 heteroatoms. The molecule has 1 aliphatic heterocycles. The number of hydrogen-bond donors (Lipinski definition) is 0. The van der Waals surface area contributed by atoms with Gasteiger partial charge in [0.15, 0.2) is 0 Å². The first-order chi connectivity index (χ1) is 9.15. The van der Waals surface area contributed by atoms with Crippen LogP contribution in [-0.4, -0.2) is 43.7 Å². The first-order valence-electron chi connectivity index (χ1n) is 6.31. The molecule has 0 aromatic carbocycles. The van der Waals surface area contributed by atoms with Gasteiger partial charge in [-0.05, 0) is 32.8 Å². The summed E-state index contributed by atoms with van der Waals surface area (Å²) < 4.78 is 1.57. The normalized spacial score (nSPS) is 16.0. The zero-order chi connectivity index (χ0) is 13.4. The highest BCUT2D eigenvalue weighted by atomic mass is 16.7. The summed E-state index contributed by atoms with van der Waals surface area (Å²) in [5, 5.41) is 5.53. The molecule has 2 aromatic rings. The van der Waals surface area contributed by atoms with Gasteiger partial charge in [0.05, 0.1) is 6.61 Å². The van der Waals surface area contributed by atoms with Crippen LogP contribution in [0.15, 0.2) is 6.07 Å². The Balaban J connectivity index is 1.96. The Kier molecular flexibility index (Phi) is 2.90. The smallest absolute Gasteiger partial charge is 0.271 e. The second-order valence-corrected chi connectivity index (χ2v) is 4.63. The van der Waals surface area contributed by atoms with Crippen LogP contribution in [0.2, 0.25) is 0 Å². The molecule has 3 heterocycles. The number of carbonyl (C=O) groups excluding carboxylic acids is 1. The molecule has 0 spiro atoms.